The first-order chi connectivity index (χ1) is 13.9. The van der Waals surface area contributed by atoms with Gasteiger partial charge in [-0.3, -0.25) is 0 Å². The Balaban J connectivity index is 0.00000218. The highest BCUT2D eigenvalue weighted by Crippen LogP contribution is 2.49. The molecule has 9 heteroatoms. The van der Waals surface area contributed by atoms with Gasteiger partial charge in [-0.1, -0.05) is 6.07 Å². The van der Waals surface area contributed by atoms with Gasteiger partial charge in [0.2, 0.25) is 9.84 Å². The molecule has 0 aliphatic carbocycles. The number of nitrogens with one attached hydrogen (secondary N) is 1. The topological polar surface area (TPSA) is 64.6 Å². The summed E-state index contributed by atoms with van der Waals surface area (Å²) in [7, 11) is -4.07. The van der Waals surface area contributed by atoms with Crippen molar-refractivity contribution in [1.29, 1.82) is 0 Å². The molecule has 1 spiro atoms. The Morgan fingerprint density at radius 1 is 1.00 bits per heavy atom. The smallest absolute Gasteiger partial charge is 0.206 e. The monoisotopic (exact) mass is 457 g/mol. The van der Waals surface area contributed by atoms with Gasteiger partial charge in [0.25, 0.3) is 0 Å². The van der Waals surface area contributed by atoms with Crippen LogP contribution in [-0.2, 0) is 14.6 Å². The van der Waals surface area contributed by atoms with Gasteiger partial charge in [-0.15, -0.1) is 12.4 Å². The maximum atomic E-state index is 13.6. The fourth-order valence-corrected chi connectivity index (χ4v) is 6.19. The minimum Gasteiger partial charge on any atom is -0.488 e. The molecule has 0 aromatic heterocycles. The summed E-state index contributed by atoms with van der Waals surface area (Å²) in [5, 5.41) is 3.62. The van der Waals surface area contributed by atoms with Gasteiger partial charge in [0.15, 0.2) is 0 Å². The lowest BCUT2D eigenvalue weighted by Gasteiger charge is -2.47. The molecule has 0 amide bonds. The van der Waals surface area contributed by atoms with Gasteiger partial charge in [-0.05, 0) is 50.1 Å². The van der Waals surface area contributed by atoms with Gasteiger partial charge in [0, 0.05) is 30.8 Å². The zero-order chi connectivity index (χ0) is 20.2. The van der Waals surface area contributed by atoms with Gasteiger partial charge in [0.05, 0.1) is 15.3 Å². The molecule has 0 radical (unpaired) electrons. The minimum absolute atomic E-state index is 0. The van der Waals surface area contributed by atoms with Crippen molar-refractivity contribution in [3.8, 4) is 5.75 Å². The third-order valence-electron chi connectivity index (χ3n) is 6.32. The van der Waals surface area contributed by atoms with Gasteiger partial charge in [0.1, 0.15) is 23.5 Å². The van der Waals surface area contributed by atoms with E-state index in [0.29, 0.717) is 25.0 Å². The molecule has 30 heavy (non-hydrogen) atoms. The number of fused-ring (bicyclic) bond motifs is 4. The SMILES string of the molecule is Cl.O=S(=O)(c1cc(F)cc(F)c1)c1ccc2c(c1)OC1C2CCNC12CCOCC2. The van der Waals surface area contributed by atoms with Crippen LogP contribution in [0.3, 0.4) is 0 Å². The fourth-order valence-electron chi connectivity index (χ4n) is 4.87. The second-order valence-electron chi connectivity index (χ2n) is 7.94. The zero-order valence-corrected chi connectivity index (χ0v) is 17.7. The second kappa shape index (κ2) is 7.75. The van der Waals surface area contributed by atoms with Crippen molar-refractivity contribution in [1.82, 2.24) is 5.32 Å². The van der Waals surface area contributed by atoms with Crippen LogP contribution in [0.25, 0.3) is 0 Å². The Bertz CT molecular complexity index is 1050. The van der Waals surface area contributed by atoms with Crippen molar-refractivity contribution in [3.05, 3.63) is 53.6 Å². The maximum absolute atomic E-state index is 13.6. The van der Waals surface area contributed by atoms with E-state index in [1.165, 1.54) is 12.1 Å². The van der Waals surface area contributed by atoms with E-state index in [2.05, 4.69) is 5.32 Å². The maximum Gasteiger partial charge on any atom is 0.206 e. The summed E-state index contributed by atoms with van der Waals surface area (Å²) >= 11 is 0. The van der Waals surface area contributed by atoms with Gasteiger partial charge in [-0.2, -0.15) is 0 Å². The highest BCUT2D eigenvalue weighted by molar-refractivity contribution is 7.91. The van der Waals surface area contributed by atoms with E-state index < -0.39 is 26.4 Å². The van der Waals surface area contributed by atoms with Gasteiger partial charge < -0.3 is 14.8 Å². The van der Waals surface area contributed by atoms with E-state index in [0.717, 1.165) is 43.5 Å². The number of halogens is 3. The Kier molecular flexibility index (Phi) is 5.55. The molecule has 0 saturated carbocycles. The first-order valence-electron chi connectivity index (χ1n) is 9.74. The van der Waals surface area contributed by atoms with Crippen LogP contribution in [0.1, 0.15) is 30.7 Å². The van der Waals surface area contributed by atoms with Crippen LogP contribution in [0.2, 0.25) is 0 Å². The van der Waals surface area contributed by atoms with Crippen LogP contribution in [-0.4, -0.2) is 39.8 Å². The number of sulfone groups is 1. The van der Waals surface area contributed by atoms with Crippen molar-refractivity contribution >= 4 is 22.2 Å². The highest BCUT2D eigenvalue weighted by Gasteiger charge is 2.52. The Morgan fingerprint density at radius 2 is 1.70 bits per heavy atom. The van der Waals surface area contributed by atoms with Crippen LogP contribution < -0.4 is 10.1 Å². The van der Waals surface area contributed by atoms with E-state index in [1.54, 1.807) is 6.07 Å². The van der Waals surface area contributed by atoms with Crippen molar-refractivity contribution in [2.75, 3.05) is 19.8 Å². The molecule has 2 unspecified atom stereocenters. The first-order valence-corrected chi connectivity index (χ1v) is 11.2. The van der Waals surface area contributed by atoms with E-state index in [-0.39, 0.29) is 34.9 Å². The largest absolute Gasteiger partial charge is 0.488 e. The van der Waals surface area contributed by atoms with Crippen LogP contribution in [0, 0.1) is 11.6 Å². The number of ether oxygens (including phenoxy) is 2. The lowest BCUT2D eigenvalue weighted by atomic mass is 9.73. The molecule has 5 nitrogen and oxygen atoms in total. The Labute approximate surface area is 180 Å². The molecule has 2 saturated heterocycles. The number of hydrogen-bond acceptors (Lipinski definition) is 5. The van der Waals surface area contributed by atoms with Crippen LogP contribution >= 0.6 is 12.4 Å². The normalized spacial score (nSPS) is 24.5. The molecule has 2 atom stereocenters. The molecule has 2 aromatic carbocycles. The summed E-state index contributed by atoms with van der Waals surface area (Å²) in [5.41, 5.74) is 0.817. The lowest BCUT2D eigenvalue weighted by molar-refractivity contribution is -0.0327. The second-order valence-corrected chi connectivity index (χ2v) is 9.89. The van der Waals surface area contributed by atoms with Crippen molar-refractivity contribution in [2.45, 2.75) is 46.6 Å². The van der Waals surface area contributed by atoms with Crippen molar-refractivity contribution in [2.24, 2.45) is 0 Å². The highest BCUT2D eigenvalue weighted by atomic mass is 35.5. The van der Waals surface area contributed by atoms with Crippen LogP contribution in [0.4, 0.5) is 8.78 Å². The van der Waals surface area contributed by atoms with E-state index in [1.807, 2.05) is 0 Å². The summed E-state index contributed by atoms with van der Waals surface area (Å²) in [6.07, 6.45) is 2.51. The molecule has 5 rings (SSSR count). The number of hydrogen-bond donors (Lipinski definition) is 1. The molecule has 1 N–H and O–H groups in total. The lowest BCUT2D eigenvalue weighted by Crippen LogP contribution is -2.63. The zero-order valence-electron chi connectivity index (χ0n) is 16.1. The summed E-state index contributed by atoms with van der Waals surface area (Å²) in [6.45, 7) is 2.20. The standard InChI is InChI=1S/C21H21F2NO4S.ClH/c22-13-9-14(23)11-16(10-13)29(25,26)15-1-2-17-18-3-6-24-21(4-7-27-8-5-21)20(18)28-19(17)12-15;/h1-2,9-12,18,20,24H,3-8H2;1H. The quantitative estimate of drug-likeness (QED) is 0.746. The molecule has 3 heterocycles. The molecule has 3 aliphatic heterocycles. The Hall–Kier alpha value is -1.74. The van der Waals surface area contributed by atoms with E-state index >= 15 is 0 Å². The van der Waals surface area contributed by atoms with Crippen molar-refractivity contribution < 1.29 is 26.7 Å². The van der Waals surface area contributed by atoms with E-state index in [4.69, 9.17) is 9.47 Å². The number of rotatable bonds is 2. The van der Waals surface area contributed by atoms with Crippen LogP contribution in [0.5, 0.6) is 5.75 Å². The molecule has 0 bridgehead atoms. The third-order valence-corrected chi connectivity index (χ3v) is 8.05. The van der Waals surface area contributed by atoms with E-state index in [9.17, 15) is 17.2 Å². The summed E-state index contributed by atoms with van der Waals surface area (Å²) in [5.74, 6) is -1.14. The fraction of sp³-hybridized carbons (Fsp3) is 0.429. The average molecular weight is 458 g/mol. The molecule has 2 fully saturated rings. The first kappa shape index (κ1) is 21.5. The molecule has 2 aromatic rings. The third kappa shape index (κ3) is 3.39. The summed E-state index contributed by atoms with van der Waals surface area (Å²) in [6, 6.07) is 7.07. The molecular formula is C21H22ClF2NO4S. The summed E-state index contributed by atoms with van der Waals surface area (Å²) < 4.78 is 64.8. The average Bonchev–Trinajstić information content (AvgIpc) is 3.08. The predicted molar refractivity (Wildman–Crippen MR) is 108 cm³/mol. The van der Waals surface area contributed by atoms with Crippen molar-refractivity contribution in [3.63, 3.8) is 0 Å². The predicted octanol–water partition coefficient (Wildman–Crippen LogP) is 3.61. The van der Waals surface area contributed by atoms with Gasteiger partial charge >= 0.3 is 0 Å². The number of benzene rings is 2. The van der Waals surface area contributed by atoms with Gasteiger partial charge in [-0.25, -0.2) is 17.2 Å². The molecular weight excluding hydrogens is 436 g/mol. The Morgan fingerprint density at radius 3 is 2.40 bits per heavy atom. The molecule has 3 aliphatic rings. The number of piperidine rings is 1. The molecule has 162 valence electrons. The summed E-state index contributed by atoms with van der Waals surface area (Å²) in [4.78, 5) is -0.443. The minimum atomic E-state index is -4.07. The van der Waals surface area contributed by atoms with Crippen LogP contribution in [0.15, 0.2) is 46.2 Å².